The molecule has 0 bridgehead atoms. The van der Waals surface area contributed by atoms with Crippen LogP contribution in [0.15, 0.2) is 54.7 Å². The van der Waals surface area contributed by atoms with E-state index in [2.05, 4.69) is 10.2 Å². The Bertz CT molecular complexity index is 1110. The van der Waals surface area contributed by atoms with E-state index in [-0.39, 0.29) is 25.3 Å². The second-order valence-corrected chi connectivity index (χ2v) is 9.40. The molecular weight excluding hydrogens is 429 g/mol. The molecule has 5 nitrogen and oxygen atoms in total. The van der Waals surface area contributed by atoms with E-state index in [1.54, 1.807) is 36.5 Å². The fourth-order valence-electron chi connectivity index (χ4n) is 5.08. The summed E-state index contributed by atoms with van der Waals surface area (Å²) in [6.45, 7) is 0. The molecule has 1 fully saturated rings. The van der Waals surface area contributed by atoms with Gasteiger partial charge in [0.05, 0.1) is 17.1 Å². The molecule has 1 amide bonds. The number of hydrogen-bond donors (Lipinski definition) is 2. The van der Waals surface area contributed by atoms with Gasteiger partial charge in [0.15, 0.2) is 0 Å². The Hall–Kier alpha value is -2.87. The third-order valence-corrected chi connectivity index (χ3v) is 7.11. The minimum Gasteiger partial charge on any atom is -0.369 e. The normalized spacial score (nSPS) is 18.2. The highest BCUT2D eigenvalue weighted by Gasteiger charge is 2.69. The minimum absolute atomic E-state index is 0.0175. The Morgan fingerprint density at radius 1 is 1.18 bits per heavy atom. The maximum Gasteiger partial charge on any atom is 0.395 e. The molecule has 3 atom stereocenters. The number of nitrogens with two attached hydrogens (primary N) is 1. The molecule has 4 rings (SSSR count). The summed E-state index contributed by atoms with van der Waals surface area (Å²) in [5.74, 6) is -2.63. The smallest absolute Gasteiger partial charge is 0.369 e. The number of nitrogens with zero attached hydrogens (tertiary/aromatic N) is 2. The average molecular weight is 459 g/mol. The van der Waals surface area contributed by atoms with Gasteiger partial charge in [-0.05, 0) is 63.0 Å². The number of aromatic amines is 1. The van der Waals surface area contributed by atoms with Gasteiger partial charge in [-0.2, -0.15) is 18.3 Å². The minimum atomic E-state index is -4.40. The lowest BCUT2D eigenvalue weighted by Gasteiger charge is -2.37. The van der Waals surface area contributed by atoms with E-state index in [4.69, 9.17) is 5.73 Å². The third kappa shape index (κ3) is 4.62. The van der Waals surface area contributed by atoms with Gasteiger partial charge in [-0.25, -0.2) is 0 Å². The summed E-state index contributed by atoms with van der Waals surface area (Å²) in [6.07, 6.45) is -1.81. The Labute approximate surface area is 191 Å². The van der Waals surface area contributed by atoms with Crippen LogP contribution < -0.4 is 5.73 Å². The van der Waals surface area contributed by atoms with Crippen molar-refractivity contribution < 1.29 is 18.0 Å². The molecule has 2 aromatic carbocycles. The van der Waals surface area contributed by atoms with E-state index in [0.29, 0.717) is 12.0 Å². The van der Waals surface area contributed by atoms with Crippen molar-refractivity contribution in [3.8, 4) is 0 Å². The highest BCUT2D eigenvalue weighted by Crippen LogP contribution is 2.67. The van der Waals surface area contributed by atoms with Crippen LogP contribution in [0.5, 0.6) is 0 Å². The van der Waals surface area contributed by atoms with Gasteiger partial charge in [-0.15, -0.1) is 0 Å². The fraction of sp³-hybridized carbons (Fsp3) is 0.440. The lowest BCUT2D eigenvalue weighted by atomic mass is 9.71. The topological polar surface area (TPSA) is 75.0 Å². The van der Waals surface area contributed by atoms with Gasteiger partial charge in [0.2, 0.25) is 5.91 Å². The number of hydrogen-bond acceptors (Lipinski definition) is 3. The van der Waals surface area contributed by atoms with Gasteiger partial charge in [0.1, 0.15) is 0 Å². The maximum atomic E-state index is 14.2. The number of halogens is 3. The molecule has 0 spiro atoms. The molecule has 176 valence electrons. The van der Waals surface area contributed by atoms with Crippen LogP contribution in [-0.2, 0) is 11.2 Å². The summed E-state index contributed by atoms with van der Waals surface area (Å²) in [7, 11) is 3.76. The molecule has 0 aliphatic heterocycles. The van der Waals surface area contributed by atoms with Crippen LogP contribution in [0, 0.1) is 11.3 Å². The average Bonchev–Trinajstić information content (AvgIpc) is 3.44. The van der Waals surface area contributed by atoms with E-state index in [1.165, 1.54) is 0 Å². The molecule has 1 heterocycles. The second-order valence-electron chi connectivity index (χ2n) is 9.40. The summed E-state index contributed by atoms with van der Waals surface area (Å²) in [6, 6.07) is 14.3. The largest absolute Gasteiger partial charge is 0.395 e. The number of aromatic nitrogens is 2. The van der Waals surface area contributed by atoms with E-state index >= 15 is 0 Å². The van der Waals surface area contributed by atoms with Gasteiger partial charge in [0, 0.05) is 23.3 Å². The van der Waals surface area contributed by atoms with Crippen LogP contribution in [-0.4, -0.2) is 47.3 Å². The number of H-pyrrole nitrogens is 1. The molecule has 2 unspecified atom stereocenters. The first-order chi connectivity index (χ1) is 15.6. The maximum absolute atomic E-state index is 14.2. The number of carbonyl (C=O) groups is 1. The molecule has 1 saturated carbocycles. The first-order valence-electron chi connectivity index (χ1n) is 11.1. The molecule has 33 heavy (non-hydrogen) atoms. The van der Waals surface area contributed by atoms with Gasteiger partial charge < -0.3 is 10.6 Å². The predicted octanol–water partition coefficient (Wildman–Crippen LogP) is 4.65. The van der Waals surface area contributed by atoms with E-state index in [1.807, 2.05) is 37.2 Å². The zero-order chi connectivity index (χ0) is 23.8. The van der Waals surface area contributed by atoms with Crippen molar-refractivity contribution in [3.63, 3.8) is 0 Å². The molecule has 8 heteroatoms. The number of fused-ring (bicyclic) bond motifs is 1. The van der Waals surface area contributed by atoms with E-state index in [9.17, 15) is 18.0 Å². The SMILES string of the molecule is CN(C)[C@H](Cc1ccc2[nH]ncc2c1)CC(C(N)=O)C(c1ccccc1)C1(C(F)(F)F)CC1. The Kier molecular flexibility index (Phi) is 6.22. The molecule has 0 radical (unpaired) electrons. The van der Waals surface area contributed by atoms with Crippen molar-refractivity contribution in [1.82, 2.24) is 15.1 Å². The Morgan fingerprint density at radius 2 is 1.88 bits per heavy atom. The highest BCUT2D eigenvalue weighted by molar-refractivity contribution is 5.79. The van der Waals surface area contributed by atoms with Crippen molar-refractivity contribution in [2.45, 2.75) is 43.8 Å². The number of likely N-dealkylation sites (N-methyl/N-ethyl adjacent to an activating group) is 1. The van der Waals surface area contributed by atoms with Crippen LogP contribution in [0.25, 0.3) is 10.9 Å². The van der Waals surface area contributed by atoms with E-state index < -0.39 is 29.3 Å². The molecule has 0 saturated heterocycles. The number of amides is 1. The quantitative estimate of drug-likeness (QED) is 0.490. The van der Waals surface area contributed by atoms with Gasteiger partial charge in [0.25, 0.3) is 0 Å². The molecule has 1 aromatic heterocycles. The molecule has 1 aliphatic rings. The van der Waals surface area contributed by atoms with E-state index in [0.717, 1.165) is 16.5 Å². The first kappa shape index (κ1) is 23.3. The predicted molar refractivity (Wildman–Crippen MR) is 121 cm³/mol. The summed E-state index contributed by atoms with van der Waals surface area (Å²) in [5.41, 5.74) is 6.37. The van der Waals surface area contributed by atoms with Crippen molar-refractivity contribution >= 4 is 16.8 Å². The van der Waals surface area contributed by atoms with Crippen molar-refractivity contribution in [2.75, 3.05) is 14.1 Å². The van der Waals surface area contributed by atoms with Gasteiger partial charge in [-0.1, -0.05) is 36.4 Å². The summed E-state index contributed by atoms with van der Waals surface area (Å²) >= 11 is 0. The summed E-state index contributed by atoms with van der Waals surface area (Å²) in [4.78, 5) is 14.7. The molecule has 1 aliphatic carbocycles. The number of benzene rings is 2. The zero-order valence-corrected chi connectivity index (χ0v) is 18.8. The summed E-state index contributed by atoms with van der Waals surface area (Å²) < 4.78 is 42.7. The second kappa shape index (κ2) is 8.82. The van der Waals surface area contributed by atoms with Crippen LogP contribution in [0.4, 0.5) is 13.2 Å². The number of alkyl halides is 3. The number of nitrogens with one attached hydrogen (secondary N) is 1. The van der Waals surface area contributed by atoms with Crippen molar-refractivity contribution in [1.29, 1.82) is 0 Å². The zero-order valence-electron chi connectivity index (χ0n) is 18.8. The molecular formula is C25H29F3N4O. The van der Waals surface area contributed by atoms with Crippen LogP contribution in [0.2, 0.25) is 0 Å². The fourth-order valence-corrected chi connectivity index (χ4v) is 5.08. The lowest BCUT2D eigenvalue weighted by molar-refractivity contribution is -0.198. The standard InChI is InChI=1S/C25H29F3N4O/c1-32(2)19(13-16-8-9-21-18(12-16)15-30-31-21)14-20(23(29)33)22(17-6-4-3-5-7-17)24(10-11-24)25(26,27)28/h3-9,12,15,19-20,22H,10-11,13-14H2,1-2H3,(H2,29,33)(H,30,31)/t19-,20?,22?/m1/s1. The van der Waals surface area contributed by atoms with Gasteiger partial charge >= 0.3 is 6.18 Å². The monoisotopic (exact) mass is 458 g/mol. The first-order valence-corrected chi connectivity index (χ1v) is 11.1. The Morgan fingerprint density at radius 3 is 2.45 bits per heavy atom. The van der Waals surface area contributed by atoms with Crippen molar-refractivity contribution in [3.05, 3.63) is 65.9 Å². The summed E-state index contributed by atoms with van der Waals surface area (Å²) in [5, 5.41) is 7.92. The third-order valence-electron chi connectivity index (χ3n) is 7.11. The van der Waals surface area contributed by atoms with Crippen LogP contribution in [0.1, 0.15) is 36.3 Å². The molecule has 3 N–H and O–H groups in total. The Balaban J connectivity index is 1.67. The number of primary amides is 1. The van der Waals surface area contributed by atoms with Crippen LogP contribution in [0.3, 0.4) is 0 Å². The molecule has 3 aromatic rings. The van der Waals surface area contributed by atoms with Crippen LogP contribution >= 0.6 is 0 Å². The van der Waals surface area contributed by atoms with Gasteiger partial charge in [-0.3, -0.25) is 9.89 Å². The highest BCUT2D eigenvalue weighted by atomic mass is 19.4. The van der Waals surface area contributed by atoms with Crippen molar-refractivity contribution in [2.24, 2.45) is 17.1 Å². The number of rotatable bonds is 9. The number of carbonyl (C=O) groups excluding carboxylic acids is 1. The lowest BCUT2D eigenvalue weighted by Crippen LogP contribution is -2.43.